The number of hydrogen-bond donors (Lipinski definition) is 3. The molecule has 1 atom stereocenters. The lowest BCUT2D eigenvalue weighted by atomic mass is 10.1. The predicted octanol–water partition coefficient (Wildman–Crippen LogP) is 1.15. The summed E-state index contributed by atoms with van der Waals surface area (Å²) >= 11 is 0. The molecule has 0 heterocycles. The zero-order valence-electron chi connectivity index (χ0n) is 9.93. The Balaban J connectivity index is 2.70. The van der Waals surface area contributed by atoms with Gasteiger partial charge in [-0.25, -0.2) is 0 Å². The van der Waals surface area contributed by atoms with Crippen LogP contribution in [0.5, 0.6) is 11.5 Å². The largest absolute Gasteiger partial charge is 0.504 e. The third kappa shape index (κ3) is 4.22. The summed E-state index contributed by atoms with van der Waals surface area (Å²) in [6.07, 6.45) is 0.454. The van der Waals surface area contributed by atoms with E-state index in [0.717, 1.165) is 5.56 Å². The summed E-state index contributed by atoms with van der Waals surface area (Å²) in [6, 6.07) is 4.64. The van der Waals surface area contributed by atoms with Crippen LogP contribution in [0.2, 0.25) is 0 Å². The van der Waals surface area contributed by atoms with Crippen LogP contribution >= 0.6 is 0 Å². The highest BCUT2D eigenvalue weighted by Gasteiger charge is 2.13. The number of methoxy groups -OCH3 is 1. The zero-order chi connectivity index (χ0) is 12.7. The molecule has 5 nitrogen and oxygen atoms in total. The fourth-order valence-electron chi connectivity index (χ4n) is 1.51. The molecule has 17 heavy (non-hydrogen) atoms. The van der Waals surface area contributed by atoms with Crippen molar-refractivity contribution in [2.24, 2.45) is 5.73 Å². The van der Waals surface area contributed by atoms with Gasteiger partial charge in [0.2, 0.25) is 0 Å². The molecule has 1 aromatic rings. The Bertz CT molecular complexity index is 343. The van der Waals surface area contributed by atoms with E-state index >= 15 is 0 Å². The molecule has 0 aliphatic heterocycles. The molecule has 0 aromatic heterocycles. The van der Waals surface area contributed by atoms with Gasteiger partial charge < -0.3 is 25.4 Å². The van der Waals surface area contributed by atoms with E-state index in [4.69, 9.17) is 15.2 Å². The molecular formula is C12H19NO4. The fourth-order valence-corrected chi connectivity index (χ4v) is 1.51. The third-order valence-corrected chi connectivity index (χ3v) is 2.41. The smallest absolute Gasteiger partial charge is 0.157 e. The molecule has 0 saturated carbocycles. The van der Waals surface area contributed by atoms with E-state index < -0.39 is 0 Å². The van der Waals surface area contributed by atoms with Crippen LogP contribution in [0.15, 0.2) is 18.2 Å². The predicted molar refractivity (Wildman–Crippen MR) is 64.0 cm³/mol. The molecule has 0 aliphatic rings. The summed E-state index contributed by atoms with van der Waals surface area (Å²) in [5, 5.41) is 18.7. The molecule has 0 bridgehead atoms. The highest BCUT2D eigenvalue weighted by molar-refractivity contribution is 5.41. The first-order valence-electron chi connectivity index (χ1n) is 5.51. The van der Waals surface area contributed by atoms with Crippen LogP contribution in [0.3, 0.4) is 0 Å². The Morgan fingerprint density at radius 3 is 2.59 bits per heavy atom. The lowest BCUT2D eigenvalue weighted by Crippen LogP contribution is -2.13. The SMILES string of the molecule is COCCOC(CCN)c1ccc(O)c(O)c1. The van der Waals surface area contributed by atoms with Crippen molar-refractivity contribution in [3.63, 3.8) is 0 Å². The lowest BCUT2D eigenvalue weighted by molar-refractivity contribution is 0.0132. The van der Waals surface area contributed by atoms with Crippen LogP contribution in [0.25, 0.3) is 0 Å². The van der Waals surface area contributed by atoms with Crippen molar-refractivity contribution in [3.8, 4) is 11.5 Å². The maximum Gasteiger partial charge on any atom is 0.157 e. The van der Waals surface area contributed by atoms with Gasteiger partial charge in [-0.15, -0.1) is 0 Å². The molecule has 1 unspecified atom stereocenters. The second-order valence-corrected chi connectivity index (χ2v) is 3.68. The standard InChI is InChI=1S/C12H19NO4/c1-16-6-7-17-12(4-5-13)9-2-3-10(14)11(15)8-9/h2-3,8,12,14-15H,4-7,13H2,1H3. The molecule has 1 rings (SSSR count). The van der Waals surface area contributed by atoms with E-state index in [1.807, 2.05) is 0 Å². The minimum Gasteiger partial charge on any atom is -0.504 e. The van der Waals surface area contributed by atoms with Gasteiger partial charge in [-0.2, -0.15) is 0 Å². The second kappa shape index (κ2) is 7.11. The maximum atomic E-state index is 9.43. The number of ether oxygens (including phenoxy) is 2. The van der Waals surface area contributed by atoms with Gasteiger partial charge in [0.1, 0.15) is 0 Å². The summed E-state index contributed by atoms with van der Waals surface area (Å²) in [7, 11) is 1.60. The van der Waals surface area contributed by atoms with Gasteiger partial charge in [-0.3, -0.25) is 0 Å². The number of aromatic hydroxyl groups is 2. The summed E-state index contributed by atoms with van der Waals surface area (Å²) in [5.41, 5.74) is 6.31. The molecular weight excluding hydrogens is 222 g/mol. The van der Waals surface area contributed by atoms with Gasteiger partial charge in [0.05, 0.1) is 19.3 Å². The molecule has 0 spiro atoms. The number of benzene rings is 1. The molecule has 5 heteroatoms. The quantitative estimate of drug-likeness (QED) is 0.492. The number of phenols is 2. The van der Waals surface area contributed by atoms with E-state index in [1.165, 1.54) is 12.1 Å². The summed E-state index contributed by atoms with van der Waals surface area (Å²) in [4.78, 5) is 0. The van der Waals surface area contributed by atoms with Gasteiger partial charge in [-0.1, -0.05) is 6.07 Å². The summed E-state index contributed by atoms with van der Waals surface area (Å²) in [6.45, 7) is 1.45. The van der Waals surface area contributed by atoms with Crippen molar-refractivity contribution in [2.45, 2.75) is 12.5 Å². The Morgan fingerprint density at radius 2 is 2.00 bits per heavy atom. The summed E-state index contributed by atoms with van der Waals surface area (Å²) in [5.74, 6) is -0.294. The van der Waals surface area contributed by atoms with Crippen molar-refractivity contribution in [2.75, 3.05) is 26.9 Å². The highest BCUT2D eigenvalue weighted by atomic mass is 16.5. The van der Waals surface area contributed by atoms with Crippen LogP contribution in [0, 0.1) is 0 Å². The minimum absolute atomic E-state index is 0.142. The molecule has 0 saturated heterocycles. The van der Waals surface area contributed by atoms with Crippen LogP contribution < -0.4 is 5.73 Å². The van der Waals surface area contributed by atoms with Crippen molar-refractivity contribution in [3.05, 3.63) is 23.8 Å². The van der Waals surface area contributed by atoms with Crippen LogP contribution in [0.4, 0.5) is 0 Å². The normalized spacial score (nSPS) is 12.6. The molecule has 0 fully saturated rings. The number of rotatable bonds is 7. The molecule has 96 valence electrons. The lowest BCUT2D eigenvalue weighted by Gasteiger charge is -2.18. The Labute approximate surface area is 101 Å². The molecule has 1 aromatic carbocycles. The Kier molecular flexibility index (Phi) is 5.76. The van der Waals surface area contributed by atoms with E-state index in [9.17, 15) is 10.2 Å². The number of nitrogens with two attached hydrogens (primary N) is 1. The van der Waals surface area contributed by atoms with Crippen molar-refractivity contribution in [1.29, 1.82) is 0 Å². The third-order valence-electron chi connectivity index (χ3n) is 2.41. The fraction of sp³-hybridized carbons (Fsp3) is 0.500. The van der Waals surface area contributed by atoms with Gasteiger partial charge in [0.15, 0.2) is 11.5 Å². The van der Waals surface area contributed by atoms with Gasteiger partial charge >= 0.3 is 0 Å². The van der Waals surface area contributed by atoms with Crippen LogP contribution in [0.1, 0.15) is 18.1 Å². The highest BCUT2D eigenvalue weighted by Crippen LogP contribution is 2.30. The van der Waals surface area contributed by atoms with Crippen LogP contribution in [-0.4, -0.2) is 37.1 Å². The average Bonchev–Trinajstić information content (AvgIpc) is 2.32. The van der Waals surface area contributed by atoms with Crippen LogP contribution in [-0.2, 0) is 9.47 Å². The maximum absolute atomic E-state index is 9.43. The van der Waals surface area contributed by atoms with E-state index in [2.05, 4.69) is 0 Å². The van der Waals surface area contributed by atoms with Crippen molar-refractivity contribution in [1.82, 2.24) is 0 Å². The van der Waals surface area contributed by atoms with Crippen molar-refractivity contribution >= 4 is 0 Å². The second-order valence-electron chi connectivity index (χ2n) is 3.68. The van der Waals surface area contributed by atoms with E-state index in [0.29, 0.717) is 26.2 Å². The Hall–Kier alpha value is -1.30. The monoisotopic (exact) mass is 241 g/mol. The van der Waals surface area contributed by atoms with Gasteiger partial charge in [-0.05, 0) is 30.7 Å². The molecule has 0 aliphatic carbocycles. The average molecular weight is 241 g/mol. The van der Waals surface area contributed by atoms with Crippen molar-refractivity contribution < 1.29 is 19.7 Å². The number of hydrogen-bond acceptors (Lipinski definition) is 5. The molecule has 0 radical (unpaired) electrons. The summed E-state index contributed by atoms with van der Waals surface area (Å²) < 4.78 is 10.5. The van der Waals surface area contributed by atoms with E-state index in [1.54, 1.807) is 13.2 Å². The van der Waals surface area contributed by atoms with Gasteiger partial charge in [0, 0.05) is 7.11 Å². The Morgan fingerprint density at radius 1 is 1.24 bits per heavy atom. The van der Waals surface area contributed by atoms with Gasteiger partial charge in [0.25, 0.3) is 0 Å². The topological polar surface area (TPSA) is 84.9 Å². The first kappa shape index (κ1) is 13.8. The number of phenolic OH excluding ortho intramolecular Hbond substituents is 2. The zero-order valence-corrected chi connectivity index (χ0v) is 9.93. The minimum atomic E-state index is -0.193. The molecule has 0 amide bonds. The first-order chi connectivity index (χ1) is 8.19. The van der Waals surface area contributed by atoms with E-state index in [-0.39, 0.29) is 17.6 Å². The first-order valence-corrected chi connectivity index (χ1v) is 5.51. The molecule has 4 N–H and O–H groups in total.